The summed E-state index contributed by atoms with van der Waals surface area (Å²) in [7, 11) is 4.59. The molecule has 1 fully saturated rings. The number of amides is 1. The molecule has 8 nitrogen and oxygen atoms in total. The van der Waals surface area contributed by atoms with Crippen molar-refractivity contribution in [1.29, 1.82) is 0 Å². The van der Waals surface area contributed by atoms with E-state index in [1.165, 1.54) is 21.3 Å². The number of rotatable bonds is 14. The summed E-state index contributed by atoms with van der Waals surface area (Å²) in [5.41, 5.74) is 0.588. The van der Waals surface area contributed by atoms with Crippen LogP contribution in [0.4, 0.5) is 0 Å². The Morgan fingerprint density at radius 1 is 1.00 bits per heavy atom. The highest BCUT2D eigenvalue weighted by Gasteiger charge is 2.28. The summed E-state index contributed by atoms with van der Waals surface area (Å²) >= 11 is 0. The van der Waals surface area contributed by atoms with Gasteiger partial charge in [-0.3, -0.25) is 4.79 Å². The number of ketones is 1. The summed E-state index contributed by atoms with van der Waals surface area (Å²) in [5.74, 6) is 1.45. The van der Waals surface area contributed by atoms with Gasteiger partial charge in [0.2, 0.25) is 11.7 Å². The molecule has 0 aliphatic carbocycles. The number of unbranched alkanes of at least 4 members (excludes halogenated alkanes) is 2. The van der Waals surface area contributed by atoms with E-state index in [9.17, 15) is 14.7 Å². The molecule has 1 aromatic rings. The molecule has 0 bridgehead atoms. The highest BCUT2D eigenvalue weighted by atomic mass is 16.5. The Hall–Kier alpha value is -2.32. The molecule has 1 saturated heterocycles. The van der Waals surface area contributed by atoms with Crippen molar-refractivity contribution in [1.82, 2.24) is 10.2 Å². The molecule has 0 aromatic heterocycles. The molecule has 8 heteroatoms. The van der Waals surface area contributed by atoms with E-state index in [0.717, 1.165) is 45.2 Å². The Morgan fingerprint density at radius 2 is 1.59 bits per heavy atom. The minimum absolute atomic E-state index is 0.0940. The van der Waals surface area contributed by atoms with Crippen LogP contribution < -0.4 is 19.5 Å². The second-order valence-corrected chi connectivity index (χ2v) is 8.35. The van der Waals surface area contributed by atoms with E-state index in [1.54, 1.807) is 19.1 Å². The Balaban J connectivity index is 2.11. The third kappa shape index (κ3) is 7.67. The first-order valence-electron chi connectivity index (χ1n) is 11.4. The van der Waals surface area contributed by atoms with Gasteiger partial charge in [0, 0.05) is 19.4 Å². The summed E-state index contributed by atoms with van der Waals surface area (Å²) in [4.78, 5) is 25.9. The lowest BCUT2D eigenvalue weighted by atomic mass is 10.00. The largest absolute Gasteiger partial charge is 0.493 e. The number of carbonyl (C=O) groups excluding carboxylic acids is 2. The van der Waals surface area contributed by atoms with Crippen LogP contribution >= 0.6 is 0 Å². The van der Waals surface area contributed by atoms with Crippen LogP contribution in [0.1, 0.15) is 63.5 Å². The van der Waals surface area contributed by atoms with Crippen molar-refractivity contribution in [2.75, 3.05) is 41.0 Å². The predicted octanol–water partition coefficient (Wildman–Crippen LogP) is 2.87. The summed E-state index contributed by atoms with van der Waals surface area (Å²) in [5, 5.41) is 14.3. The second-order valence-electron chi connectivity index (χ2n) is 8.35. The highest BCUT2D eigenvalue weighted by Crippen LogP contribution is 2.40. The number of ether oxygens (including phenoxy) is 3. The zero-order valence-electron chi connectivity index (χ0n) is 19.8. The van der Waals surface area contributed by atoms with Gasteiger partial charge >= 0.3 is 0 Å². The SMILES string of the molecule is COc1cc([C@@H](O)[C@@H](CN2CCCC2)NC(=O)CCCCCC(C)=O)cc(OC)c1OC. The molecule has 2 atom stereocenters. The van der Waals surface area contributed by atoms with Gasteiger partial charge in [0.05, 0.1) is 27.4 Å². The number of hydrogen-bond acceptors (Lipinski definition) is 7. The first-order chi connectivity index (χ1) is 15.4. The molecular weight excluding hydrogens is 412 g/mol. The van der Waals surface area contributed by atoms with Gasteiger partial charge in [-0.1, -0.05) is 6.42 Å². The van der Waals surface area contributed by atoms with Gasteiger partial charge in [-0.15, -0.1) is 0 Å². The monoisotopic (exact) mass is 450 g/mol. The Labute approximate surface area is 191 Å². The average molecular weight is 451 g/mol. The van der Waals surface area contributed by atoms with Crippen LogP contribution in [0.2, 0.25) is 0 Å². The van der Waals surface area contributed by atoms with Gasteiger partial charge in [0.25, 0.3) is 0 Å². The van der Waals surface area contributed by atoms with Crippen molar-refractivity contribution in [3.8, 4) is 17.2 Å². The van der Waals surface area contributed by atoms with Gasteiger partial charge in [-0.2, -0.15) is 0 Å². The van der Waals surface area contributed by atoms with E-state index >= 15 is 0 Å². The number of aliphatic hydroxyl groups is 1. The fourth-order valence-corrected chi connectivity index (χ4v) is 4.09. The smallest absolute Gasteiger partial charge is 0.220 e. The molecular formula is C24H38N2O6. The van der Waals surface area contributed by atoms with E-state index < -0.39 is 12.1 Å². The van der Waals surface area contributed by atoms with Crippen LogP contribution in [0.5, 0.6) is 17.2 Å². The van der Waals surface area contributed by atoms with Crippen LogP contribution in [-0.4, -0.2) is 68.7 Å². The van der Waals surface area contributed by atoms with Crippen LogP contribution in [0.25, 0.3) is 0 Å². The van der Waals surface area contributed by atoms with Crippen LogP contribution in [0.3, 0.4) is 0 Å². The van der Waals surface area contributed by atoms with E-state index in [-0.39, 0.29) is 11.7 Å². The zero-order chi connectivity index (χ0) is 23.5. The van der Waals surface area contributed by atoms with Crippen molar-refractivity contribution < 1.29 is 28.9 Å². The molecule has 0 radical (unpaired) electrons. The molecule has 180 valence electrons. The summed E-state index contributed by atoms with van der Waals surface area (Å²) in [6, 6.07) is 2.97. The molecule has 1 aliphatic heterocycles. The van der Waals surface area contributed by atoms with Crippen molar-refractivity contribution in [2.45, 2.75) is 64.0 Å². The van der Waals surface area contributed by atoms with Gasteiger partial charge in [0.15, 0.2) is 11.5 Å². The summed E-state index contributed by atoms with van der Waals surface area (Å²) in [6.45, 7) is 4.06. The third-order valence-electron chi connectivity index (χ3n) is 5.84. The molecule has 1 aliphatic rings. The van der Waals surface area contributed by atoms with Gasteiger partial charge < -0.3 is 34.3 Å². The zero-order valence-corrected chi connectivity index (χ0v) is 19.8. The summed E-state index contributed by atoms with van der Waals surface area (Å²) < 4.78 is 16.2. The average Bonchev–Trinajstić information content (AvgIpc) is 3.29. The van der Waals surface area contributed by atoms with E-state index in [1.807, 2.05) is 0 Å². The maximum absolute atomic E-state index is 12.6. The van der Waals surface area contributed by atoms with Gasteiger partial charge in [-0.05, 0) is 63.4 Å². The van der Waals surface area contributed by atoms with Gasteiger partial charge in [-0.25, -0.2) is 0 Å². The molecule has 1 aromatic carbocycles. The molecule has 0 saturated carbocycles. The minimum Gasteiger partial charge on any atom is -0.493 e. The lowest BCUT2D eigenvalue weighted by Crippen LogP contribution is -2.46. The van der Waals surface area contributed by atoms with Crippen LogP contribution in [-0.2, 0) is 9.59 Å². The standard InChI is InChI=1S/C24H38N2O6/c1-17(27)10-6-5-7-11-22(28)25-19(16-26-12-8-9-13-26)23(29)18-14-20(30-2)24(32-4)21(15-18)31-3/h14-15,19,23,29H,5-13,16H2,1-4H3,(H,25,28)/t19-,23-/m1/s1. The number of nitrogens with zero attached hydrogens (tertiary/aromatic N) is 1. The number of Topliss-reactive ketones (excluding diaryl/α,β-unsaturated/α-hetero) is 1. The molecule has 2 rings (SSSR count). The van der Waals surface area contributed by atoms with E-state index in [4.69, 9.17) is 14.2 Å². The molecule has 1 amide bonds. The number of benzene rings is 1. The van der Waals surface area contributed by atoms with Crippen molar-refractivity contribution in [3.05, 3.63) is 17.7 Å². The number of hydrogen-bond donors (Lipinski definition) is 2. The van der Waals surface area contributed by atoms with Crippen molar-refractivity contribution in [2.24, 2.45) is 0 Å². The molecule has 1 heterocycles. The Kier molecular flexibility index (Phi) is 10.8. The lowest BCUT2D eigenvalue weighted by Gasteiger charge is -2.29. The number of likely N-dealkylation sites (tertiary alicyclic amines) is 1. The predicted molar refractivity (Wildman–Crippen MR) is 122 cm³/mol. The maximum Gasteiger partial charge on any atom is 0.220 e. The lowest BCUT2D eigenvalue weighted by molar-refractivity contribution is -0.123. The van der Waals surface area contributed by atoms with Crippen molar-refractivity contribution >= 4 is 11.7 Å². The van der Waals surface area contributed by atoms with Crippen molar-refractivity contribution in [3.63, 3.8) is 0 Å². The first kappa shape index (κ1) is 25.9. The third-order valence-corrected chi connectivity index (χ3v) is 5.84. The Bertz CT molecular complexity index is 723. The quantitative estimate of drug-likeness (QED) is 0.421. The number of aliphatic hydroxyl groups excluding tert-OH is 1. The number of carbonyl (C=O) groups is 2. The normalized spacial score (nSPS) is 15.8. The Morgan fingerprint density at radius 3 is 2.12 bits per heavy atom. The van der Waals surface area contributed by atoms with Crippen LogP contribution in [0.15, 0.2) is 12.1 Å². The summed E-state index contributed by atoms with van der Waals surface area (Å²) in [6.07, 6.45) is 4.58. The molecule has 0 unspecified atom stereocenters. The minimum atomic E-state index is -0.939. The second kappa shape index (κ2) is 13.3. The maximum atomic E-state index is 12.6. The fourth-order valence-electron chi connectivity index (χ4n) is 4.09. The molecule has 2 N–H and O–H groups in total. The van der Waals surface area contributed by atoms with E-state index in [0.29, 0.717) is 42.2 Å². The topological polar surface area (TPSA) is 97.3 Å². The molecule has 0 spiro atoms. The van der Waals surface area contributed by atoms with E-state index in [2.05, 4.69) is 10.2 Å². The first-order valence-corrected chi connectivity index (χ1v) is 11.4. The van der Waals surface area contributed by atoms with Crippen LogP contribution in [0, 0.1) is 0 Å². The fraction of sp³-hybridized carbons (Fsp3) is 0.667. The van der Waals surface area contributed by atoms with Gasteiger partial charge in [0.1, 0.15) is 11.9 Å². The molecule has 32 heavy (non-hydrogen) atoms. The number of nitrogens with one attached hydrogen (secondary N) is 1. The number of methoxy groups -OCH3 is 3. The highest BCUT2D eigenvalue weighted by molar-refractivity contribution is 5.76.